The number of nitrogens with zero attached hydrogens (tertiary/aromatic N) is 1. The highest BCUT2D eigenvalue weighted by Gasteiger charge is 2.20. The van der Waals surface area contributed by atoms with Crippen molar-refractivity contribution in [1.82, 2.24) is 10.6 Å². The summed E-state index contributed by atoms with van der Waals surface area (Å²) in [6.45, 7) is 5.69. The van der Waals surface area contributed by atoms with Crippen LogP contribution in [0.15, 0.2) is 4.99 Å². The lowest BCUT2D eigenvalue weighted by Gasteiger charge is -2.18. The highest BCUT2D eigenvalue weighted by atomic mass is 16.1. The second-order valence-corrected chi connectivity index (χ2v) is 3.93. The van der Waals surface area contributed by atoms with Gasteiger partial charge in [0.1, 0.15) is 12.3 Å². The number of hydrogen-bond donors (Lipinski definition) is 4. The van der Waals surface area contributed by atoms with Gasteiger partial charge in [0.2, 0.25) is 0 Å². The first-order valence-corrected chi connectivity index (χ1v) is 5.47. The number of hydrogen-bond acceptors (Lipinski definition) is 4. The van der Waals surface area contributed by atoms with Crippen molar-refractivity contribution in [1.29, 1.82) is 0 Å². The van der Waals surface area contributed by atoms with Gasteiger partial charge in [0.15, 0.2) is 11.7 Å². The standard InChI is InChI=1S/C10H23N5O/c1-5-7(16)8(6(2)3)14-10(12)15-9(11)13-4/h6,8-9,13H,5,11H2,1-4H3,(H3,12,14,15)/t8-,9?/m0/s1. The molecular weight excluding hydrogens is 206 g/mol. The summed E-state index contributed by atoms with van der Waals surface area (Å²) >= 11 is 0. The zero-order valence-corrected chi connectivity index (χ0v) is 10.4. The van der Waals surface area contributed by atoms with E-state index >= 15 is 0 Å². The van der Waals surface area contributed by atoms with Crippen LogP contribution in [0.25, 0.3) is 0 Å². The minimum absolute atomic E-state index is 0.0813. The van der Waals surface area contributed by atoms with E-state index in [0.717, 1.165) is 0 Å². The molecule has 0 spiro atoms. The molecule has 1 unspecified atom stereocenters. The van der Waals surface area contributed by atoms with Gasteiger partial charge in [-0.25, -0.2) is 4.99 Å². The number of carbonyl (C=O) groups is 1. The van der Waals surface area contributed by atoms with Crippen LogP contribution in [0, 0.1) is 5.92 Å². The third-order valence-electron chi connectivity index (χ3n) is 2.20. The van der Waals surface area contributed by atoms with Gasteiger partial charge >= 0.3 is 0 Å². The molecule has 94 valence electrons. The molecule has 0 heterocycles. The summed E-state index contributed by atoms with van der Waals surface area (Å²) in [7, 11) is 1.70. The van der Waals surface area contributed by atoms with Crippen molar-refractivity contribution < 1.29 is 4.79 Å². The first-order valence-electron chi connectivity index (χ1n) is 5.47. The zero-order chi connectivity index (χ0) is 12.7. The fraction of sp³-hybridized carbons (Fsp3) is 0.800. The summed E-state index contributed by atoms with van der Waals surface area (Å²) < 4.78 is 0. The summed E-state index contributed by atoms with van der Waals surface area (Å²) in [4.78, 5) is 15.8. The van der Waals surface area contributed by atoms with E-state index in [2.05, 4.69) is 15.6 Å². The number of aliphatic imine (C=N–C) groups is 1. The van der Waals surface area contributed by atoms with Crippen molar-refractivity contribution in [3.63, 3.8) is 0 Å². The molecule has 0 saturated carbocycles. The molecule has 6 N–H and O–H groups in total. The van der Waals surface area contributed by atoms with Crippen LogP contribution in [0.2, 0.25) is 0 Å². The molecule has 0 radical (unpaired) electrons. The van der Waals surface area contributed by atoms with Gasteiger partial charge in [-0.15, -0.1) is 0 Å². The molecule has 0 aromatic rings. The van der Waals surface area contributed by atoms with Crippen LogP contribution in [-0.2, 0) is 4.79 Å². The summed E-state index contributed by atoms with van der Waals surface area (Å²) in [6.07, 6.45) is -0.00849. The van der Waals surface area contributed by atoms with Gasteiger partial charge in [0.05, 0.1) is 0 Å². The molecule has 0 aromatic carbocycles. The van der Waals surface area contributed by atoms with Crippen LogP contribution in [0.4, 0.5) is 0 Å². The topological polar surface area (TPSA) is 106 Å². The molecule has 0 aliphatic heterocycles. The van der Waals surface area contributed by atoms with Gasteiger partial charge in [0, 0.05) is 6.42 Å². The minimum atomic E-state index is -0.465. The molecule has 0 fully saturated rings. The highest BCUT2D eigenvalue weighted by molar-refractivity contribution is 5.88. The fourth-order valence-electron chi connectivity index (χ4n) is 1.22. The van der Waals surface area contributed by atoms with Crippen molar-refractivity contribution in [2.75, 3.05) is 7.05 Å². The summed E-state index contributed by atoms with van der Waals surface area (Å²) in [5, 5.41) is 5.50. The molecule has 0 aliphatic rings. The van der Waals surface area contributed by atoms with Gasteiger partial charge in [-0.3, -0.25) is 15.8 Å². The first kappa shape index (κ1) is 14.9. The van der Waals surface area contributed by atoms with Crippen molar-refractivity contribution in [3.05, 3.63) is 0 Å². The predicted octanol–water partition coefficient (Wildman–Crippen LogP) is -0.644. The van der Waals surface area contributed by atoms with E-state index in [-0.39, 0.29) is 17.7 Å². The second-order valence-electron chi connectivity index (χ2n) is 3.93. The van der Waals surface area contributed by atoms with Crippen LogP contribution < -0.4 is 22.1 Å². The maximum absolute atomic E-state index is 11.6. The van der Waals surface area contributed by atoms with Gasteiger partial charge in [-0.2, -0.15) is 0 Å². The van der Waals surface area contributed by atoms with E-state index < -0.39 is 12.3 Å². The summed E-state index contributed by atoms with van der Waals surface area (Å²) in [5.41, 5.74) is 11.2. The molecule has 0 aliphatic carbocycles. The number of nitrogens with one attached hydrogen (secondary N) is 2. The van der Waals surface area contributed by atoms with Crippen LogP contribution in [0.5, 0.6) is 0 Å². The Bertz CT molecular complexity index is 252. The Morgan fingerprint density at radius 1 is 1.44 bits per heavy atom. The van der Waals surface area contributed by atoms with Crippen molar-refractivity contribution in [2.45, 2.75) is 39.5 Å². The van der Waals surface area contributed by atoms with Gasteiger partial charge in [0.25, 0.3) is 0 Å². The molecule has 0 bridgehead atoms. The molecule has 0 rings (SSSR count). The number of nitrogens with two attached hydrogens (primary N) is 2. The number of ketones is 1. The number of Topliss-reactive ketones (excluding diaryl/α,β-unsaturated/α-hetero) is 1. The van der Waals surface area contributed by atoms with Crippen molar-refractivity contribution in [2.24, 2.45) is 22.4 Å². The molecule has 16 heavy (non-hydrogen) atoms. The van der Waals surface area contributed by atoms with Crippen LogP contribution in [-0.4, -0.2) is 31.1 Å². The monoisotopic (exact) mass is 229 g/mol. The minimum Gasteiger partial charge on any atom is -0.370 e. The summed E-state index contributed by atoms with van der Waals surface area (Å²) in [6, 6.07) is -0.401. The average Bonchev–Trinajstić information content (AvgIpc) is 2.24. The Morgan fingerprint density at radius 3 is 2.38 bits per heavy atom. The Morgan fingerprint density at radius 2 is 2.00 bits per heavy atom. The van der Waals surface area contributed by atoms with Gasteiger partial charge < -0.3 is 11.1 Å². The number of carbonyl (C=O) groups excluding carboxylic acids is 1. The van der Waals surface area contributed by atoms with E-state index in [1.165, 1.54) is 0 Å². The number of rotatable bonds is 6. The fourth-order valence-corrected chi connectivity index (χ4v) is 1.22. The van der Waals surface area contributed by atoms with E-state index in [9.17, 15) is 4.79 Å². The maximum Gasteiger partial charge on any atom is 0.191 e. The van der Waals surface area contributed by atoms with Crippen LogP contribution in [0.1, 0.15) is 27.2 Å². The van der Waals surface area contributed by atoms with Crippen LogP contribution >= 0.6 is 0 Å². The SMILES string of the molecule is CCC(=O)[C@@H](N=C(N)NC(N)NC)C(C)C. The smallest absolute Gasteiger partial charge is 0.191 e. The van der Waals surface area contributed by atoms with Crippen molar-refractivity contribution in [3.8, 4) is 0 Å². The van der Waals surface area contributed by atoms with E-state index in [1.807, 2.05) is 20.8 Å². The third kappa shape index (κ3) is 5.09. The van der Waals surface area contributed by atoms with Gasteiger partial charge in [-0.05, 0) is 13.0 Å². The van der Waals surface area contributed by atoms with E-state index in [4.69, 9.17) is 11.5 Å². The van der Waals surface area contributed by atoms with Gasteiger partial charge in [-0.1, -0.05) is 20.8 Å². The molecule has 2 atom stereocenters. The highest BCUT2D eigenvalue weighted by Crippen LogP contribution is 2.09. The van der Waals surface area contributed by atoms with E-state index in [1.54, 1.807) is 7.05 Å². The molecule has 6 nitrogen and oxygen atoms in total. The molecule has 6 heteroatoms. The van der Waals surface area contributed by atoms with Crippen molar-refractivity contribution >= 4 is 11.7 Å². The average molecular weight is 229 g/mol. The largest absolute Gasteiger partial charge is 0.370 e. The lowest BCUT2D eigenvalue weighted by Crippen LogP contribution is -2.53. The Kier molecular flexibility index (Phi) is 6.67. The van der Waals surface area contributed by atoms with E-state index in [0.29, 0.717) is 6.42 Å². The molecule has 0 amide bonds. The third-order valence-corrected chi connectivity index (χ3v) is 2.20. The Hall–Kier alpha value is -1.14. The molecule has 0 saturated heterocycles. The Balaban J connectivity index is 4.58. The number of guanidine groups is 1. The predicted molar refractivity (Wildman–Crippen MR) is 65.7 cm³/mol. The lowest BCUT2D eigenvalue weighted by molar-refractivity contribution is -0.120. The normalized spacial score (nSPS) is 16.0. The maximum atomic E-state index is 11.6. The molecular formula is C10H23N5O. The quantitative estimate of drug-likeness (QED) is 0.275. The van der Waals surface area contributed by atoms with Crippen LogP contribution in [0.3, 0.4) is 0 Å². The zero-order valence-electron chi connectivity index (χ0n) is 10.4. The summed E-state index contributed by atoms with van der Waals surface area (Å²) in [5.74, 6) is 0.388. The second kappa shape index (κ2) is 7.19. The first-order chi connectivity index (χ1) is 7.42. The lowest BCUT2D eigenvalue weighted by atomic mass is 9.99. The molecule has 0 aromatic heterocycles. The Labute approximate surface area is 96.9 Å².